The molecule has 0 aromatic heterocycles. The van der Waals surface area contributed by atoms with Crippen molar-refractivity contribution in [3.05, 3.63) is 11.8 Å². The highest BCUT2D eigenvalue weighted by molar-refractivity contribution is 5.84. The normalized spacial score (nSPS) is 11.3. The lowest BCUT2D eigenvalue weighted by atomic mass is 10.2. The molecule has 0 radical (unpaired) electrons. The third kappa shape index (κ3) is 4.77. The third-order valence-electron chi connectivity index (χ3n) is 1.40. The van der Waals surface area contributed by atoms with Crippen molar-refractivity contribution in [2.75, 3.05) is 6.61 Å². The van der Waals surface area contributed by atoms with Crippen LogP contribution in [0, 0.1) is 0 Å². The molecule has 0 bridgehead atoms. The molecule has 0 heterocycles. The topological polar surface area (TPSA) is 46.5 Å². The third-order valence-corrected chi connectivity index (χ3v) is 1.40. The Balaban J connectivity index is 3.90. The number of unbranched alkanes of at least 4 members (excludes halogenated alkanes) is 2. The molecule has 3 heteroatoms. The van der Waals surface area contributed by atoms with Crippen molar-refractivity contribution < 1.29 is 14.6 Å². The van der Waals surface area contributed by atoms with Gasteiger partial charge in [0.25, 0.3) is 0 Å². The standard InChI is InChI=1S/C9H16O3/c1-3-5-6-7-8(9(10)11)12-4-2/h7H,3-6H2,1-2H3,(H,10,11)/b8-7-. The van der Waals surface area contributed by atoms with Crippen LogP contribution in [0.1, 0.15) is 33.1 Å². The van der Waals surface area contributed by atoms with Gasteiger partial charge in [0.05, 0.1) is 6.61 Å². The summed E-state index contributed by atoms with van der Waals surface area (Å²) in [5, 5.41) is 8.61. The molecule has 70 valence electrons. The molecule has 1 N–H and O–H groups in total. The Morgan fingerprint density at radius 1 is 1.50 bits per heavy atom. The zero-order valence-electron chi connectivity index (χ0n) is 7.67. The van der Waals surface area contributed by atoms with Crippen LogP contribution in [0.15, 0.2) is 11.8 Å². The molecule has 0 saturated heterocycles. The summed E-state index contributed by atoms with van der Waals surface area (Å²) in [5.74, 6) is -0.904. The number of rotatable bonds is 6. The number of carboxylic acid groups (broad SMARTS) is 1. The van der Waals surface area contributed by atoms with E-state index in [9.17, 15) is 4.79 Å². The SMILES string of the molecule is CCCC/C=C(\OCC)C(=O)O. The molecule has 0 aliphatic rings. The fourth-order valence-corrected chi connectivity index (χ4v) is 0.801. The first-order valence-corrected chi connectivity index (χ1v) is 4.28. The molecule has 0 aliphatic carbocycles. The molecule has 0 saturated carbocycles. The lowest BCUT2D eigenvalue weighted by Gasteiger charge is -2.02. The summed E-state index contributed by atoms with van der Waals surface area (Å²) < 4.78 is 4.91. The van der Waals surface area contributed by atoms with E-state index in [1.165, 1.54) is 0 Å². The van der Waals surface area contributed by atoms with Crippen molar-refractivity contribution in [3.63, 3.8) is 0 Å². The van der Waals surface area contributed by atoms with Crippen molar-refractivity contribution in [1.82, 2.24) is 0 Å². The molecule has 3 nitrogen and oxygen atoms in total. The zero-order chi connectivity index (χ0) is 9.40. The van der Waals surface area contributed by atoms with Crippen LogP contribution < -0.4 is 0 Å². The van der Waals surface area contributed by atoms with Crippen LogP contribution in [0.25, 0.3) is 0 Å². The Morgan fingerprint density at radius 2 is 2.17 bits per heavy atom. The van der Waals surface area contributed by atoms with E-state index in [2.05, 4.69) is 6.92 Å². The van der Waals surface area contributed by atoms with Gasteiger partial charge in [-0.1, -0.05) is 13.3 Å². The number of hydrogen-bond acceptors (Lipinski definition) is 2. The highest BCUT2D eigenvalue weighted by Crippen LogP contribution is 2.03. The minimum atomic E-state index is -0.979. The maximum Gasteiger partial charge on any atom is 0.370 e. The number of aliphatic carboxylic acids is 1. The van der Waals surface area contributed by atoms with Crippen LogP contribution in [0.3, 0.4) is 0 Å². The van der Waals surface area contributed by atoms with E-state index >= 15 is 0 Å². The largest absolute Gasteiger partial charge is 0.487 e. The Hall–Kier alpha value is -0.990. The molecule has 0 spiro atoms. The molecule has 0 amide bonds. The van der Waals surface area contributed by atoms with E-state index in [-0.39, 0.29) is 5.76 Å². The molecule has 0 aliphatic heterocycles. The molecule has 0 aromatic rings. The Labute approximate surface area is 73.0 Å². The summed E-state index contributed by atoms with van der Waals surface area (Å²) in [5.41, 5.74) is 0. The summed E-state index contributed by atoms with van der Waals surface area (Å²) >= 11 is 0. The van der Waals surface area contributed by atoms with Gasteiger partial charge in [0, 0.05) is 0 Å². The van der Waals surface area contributed by atoms with Gasteiger partial charge in [-0.3, -0.25) is 0 Å². The van der Waals surface area contributed by atoms with E-state index < -0.39 is 5.97 Å². The van der Waals surface area contributed by atoms with E-state index in [4.69, 9.17) is 9.84 Å². The molecule has 0 atom stereocenters. The Kier molecular flexibility index (Phi) is 6.15. The van der Waals surface area contributed by atoms with Crippen LogP contribution >= 0.6 is 0 Å². The first-order chi connectivity index (χ1) is 5.72. The van der Waals surface area contributed by atoms with Crippen molar-refractivity contribution in [2.24, 2.45) is 0 Å². The fraction of sp³-hybridized carbons (Fsp3) is 0.667. The number of hydrogen-bond donors (Lipinski definition) is 1. The number of allylic oxidation sites excluding steroid dienone is 1. The van der Waals surface area contributed by atoms with Crippen LogP contribution in [0.5, 0.6) is 0 Å². The van der Waals surface area contributed by atoms with Crippen molar-refractivity contribution >= 4 is 5.97 Å². The van der Waals surface area contributed by atoms with Gasteiger partial charge >= 0.3 is 5.97 Å². The first-order valence-electron chi connectivity index (χ1n) is 4.28. The van der Waals surface area contributed by atoms with Crippen LogP contribution in [0.2, 0.25) is 0 Å². The summed E-state index contributed by atoms with van der Waals surface area (Å²) in [6.07, 6.45) is 4.48. The van der Waals surface area contributed by atoms with Gasteiger partial charge < -0.3 is 9.84 Å². The minimum Gasteiger partial charge on any atom is -0.487 e. The summed E-state index contributed by atoms with van der Waals surface area (Å²) in [6, 6.07) is 0. The molecule has 0 fully saturated rings. The second kappa shape index (κ2) is 6.70. The second-order valence-corrected chi connectivity index (χ2v) is 2.45. The zero-order valence-corrected chi connectivity index (χ0v) is 7.67. The predicted octanol–water partition coefficient (Wildman–Crippen LogP) is 2.18. The van der Waals surface area contributed by atoms with Gasteiger partial charge in [-0.25, -0.2) is 4.79 Å². The van der Waals surface area contributed by atoms with Crippen molar-refractivity contribution in [3.8, 4) is 0 Å². The summed E-state index contributed by atoms with van der Waals surface area (Å²) in [6.45, 7) is 4.25. The lowest BCUT2D eigenvalue weighted by Crippen LogP contribution is -2.04. The van der Waals surface area contributed by atoms with Gasteiger partial charge in [0.15, 0.2) is 5.76 Å². The van der Waals surface area contributed by atoms with Crippen LogP contribution in [0.4, 0.5) is 0 Å². The molecule has 0 aromatic carbocycles. The van der Waals surface area contributed by atoms with Gasteiger partial charge in [-0.2, -0.15) is 0 Å². The predicted molar refractivity (Wildman–Crippen MR) is 46.9 cm³/mol. The fourth-order valence-electron chi connectivity index (χ4n) is 0.801. The average Bonchev–Trinajstić information content (AvgIpc) is 2.03. The van der Waals surface area contributed by atoms with E-state index in [1.54, 1.807) is 13.0 Å². The van der Waals surface area contributed by atoms with E-state index in [0.717, 1.165) is 19.3 Å². The van der Waals surface area contributed by atoms with Crippen molar-refractivity contribution in [1.29, 1.82) is 0 Å². The highest BCUT2D eigenvalue weighted by atomic mass is 16.5. The van der Waals surface area contributed by atoms with Crippen LogP contribution in [-0.2, 0) is 9.53 Å². The lowest BCUT2D eigenvalue weighted by molar-refractivity contribution is -0.136. The second-order valence-electron chi connectivity index (χ2n) is 2.45. The Morgan fingerprint density at radius 3 is 2.58 bits per heavy atom. The summed E-state index contributed by atoms with van der Waals surface area (Å²) in [7, 11) is 0. The molecular weight excluding hydrogens is 156 g/mol. The van der Waals surface area contributed by atoms with Crippen molar-refractivity contribution in [2.45, 2.75) is 33.1 Å². The minimum absolute atomic E-state index is 0.0750. The van der Waals surface area contributed by atoms with Gasteiger partial charge in [-0.05, 0) is 25.8 Å². The van der Waals surface area contributed by atoms with E-state index in [0.29, 0.717) is 6.61 Å². The number of ether oxygens (including phenoxy) is 1. The number of carboxylic acids is 1. The highest BCUT2D eigenvalue weighted by Gasteiger charge is 2.05. The van der Waals surface area contributed by atoms with Gasteiger partial charge in [-0.15, -0.1) is 0 Å². The maximum atomic E-state index is 10.5. The van der Waals surface area contributed by atoms with Crippen LogP contribution in [-0.4, -0.2) is 17.7 Å². The van der Waals surface area contributed by atoms with Gasteiger partial charge in [0.2, 0.25) is 0 Å². The molecule has 0 rings (SSSR count). The monoisotopic (exact) mass is 172 g/mol. The number of carbonyl (C=O) groups is 1. The smallest absolute Gasteiger partial charge is 0.370 e. The first kappa shape index (κ1) is 11.0. The van der Waals surface area contributed by atoms with Gasteiger partial charge in [0.1, 0.15) is 0 Å². The quantitative estimate of drug-likeness (QED) is 0.379. The molecule has 0 unspecified atom stereocenters. The summed E-state index contributed by atoms with van der Waals surface area (Å²) in [4.78, 5) is 10.5. The molecular formula is C9H16O3. The average molecular weight is 172 g/mol. The maximum absolute atomic E-state index is 10.5. The Bertz CT molecular complexity index is 161. The molecule has 12 heavy (non-hydrogen) atoms. The van der Waals surface area contributed by atoms with E-state index in [1.807, 2.05) is 0 Å².